The molecule has 3 fully saturated rings. The van der Waals surface area contributed by atoms with Crippen molar-refractivity contribution in [2.24, 2.45) is 0 Å². The number of nitrogens with zero attached hydrogens (tertiary/aromatic N) is 7. The van der Waals surface area contributed by atoms with E-state index in [-0.39, 0.29) is 36.6 Å². The molecule has 2 aliphatic heterocycles. The first-order valence-electron chi connectivity index (χ1n) is 17.2. The van der Waals surface area contributed by atoms with Crippen molar-refractivity contribution < 1.29 is 22.4 Å². The number of aromatic nitrogens is 5. The molecule has 14 heteroatoms. The Morgan fingerprint density at radius 2 is 1.98 bits per heavy atom. The maximum absolute atomic E-state index is 14.4. The number of nitrogens with one attached hydrogen (secondary N) is 1. The number of benzene rings is 1. The summed E-state index contributed by atoms with van der Waals surface area (Å²) >= 11 is 0. The molecule has 9 rings (SSSR count). The SMILES string of the molecule is CC(Oc1nc(-c2noc3c2CCCC32CCCc3ccc(N)c(C#N)c32)nc2c1cnn2C1CNC12CC(F)(F)C2)C1CC(F)CN1C. The van der Waals surface area contributed by atoms with Gasteiger partial charge in [-0.15, -0.1) is 0 Å². The second-order valence-corrected chi connectivity index (χ2v) is 14.9. The Morgan fingerprint density at radius 1 is 1.18 bits per heavy atom. The Kier molecular flexibility index (Phi) is 6.69. The highest BCUT2D eigenvalue weighted by Crippen LogP contribution is 2.56. The molecule has 0 bridgehead atoms. The van der Waals surface area contributed by atoms with E-state index in [0.29, 0.717) is 59.7 Å². The lowest BCUT2D eigenvalue weighted by Gasteiger charge is -2.59. The van der Waals surface area contributed by atoms with Crippen LogP contribution in [-0.4, -0.2) is 79.7 Å². The van der Waals surface area contributed by atoms with Crippen molar-refractivity contribution in [1.82, 2.24) is 35.1 Å². The minimum absolute atomic E-state index is 0.164. The van der Waals surface area contributed by atoms with E-state index in [2.05, 4.69) is 21.6 Å². The number of fused-ring (bicyclic) bond motifs is 5. The minimum Gasteiger partial charge on any atom is -0.472 e. The molecular formula is C35H38F3N9O2. The Labute approximate surface area is 281 Å². The summed E-state index contributed by atoms with van der Waals surface area (Å²) in [6.45, 7) is 2.71. The van der Waals surface area contributed by atoms with Crippen molar-refractivity contribution in [3.63, 3.8) is 0 Å². The van der Waals surface area contributed by atoms with Gasteiger partial charge in [0.15, 0.2) is 22.9 Å². The van der Waals surface area contributed by atoms with E-state index in [0.717, 1.165) is 48.8 Å². The molecule has 256 valence electrons. The van der Waals surface area contributed by atoms with Gasteiger partial charge in [0.05, 0.1) is 28.8 Å². The van der Waals surface area contributed by atoms with E-state index in [1.165, 1.54) is 0 Å². The van der Waals surface area contributed by atoms with Gasteiger partial charge in [-0.25, -0.2) is 22.8 Å². The van der Waals surface area contributed by atoms with Crippen LogP contribution in [-0.2, 0) is 18.3 Å². The zero-order valence-corrected chi connectivity index (χ0v) is 27.5. The first kappa shape index (κ1) is 30.8. The molecular weight excluding hydrogens is 635 g/mol. The van der Waals surface area contributed by atoms with Gasteiger partial charge >= 0.3 is 0 Å². The largest absolute Gasteiger partial charge is 0.472 e. The van der Waals surface area contributed by atoms with E-state index in [1.807, 2.05) is 31.0 Å². The maximum atomic E-state index is 14.4. The van der Waals surface area contributed by atoms with Crippen LogP contribution in [0.15, 0.2) is 22.9 Å². The highest BCUT2D eigenvalue weighted by atomic mass is 19.3. The number of alkyl halides is 3. The number of nitrogens with two attached hydrogens (primary N) is 1. The van der Waals surface area contributed by atoms with Crippen molar-refractivity contribution in [2.75, 3.05) is 25.9 Å². The van der Waals surface area contributed by atoms with Gasteiger partial charge < -0.3 is 20.3 Å². The van der Waals surface area contributed by atoms with E-state index in [9.17, 15) is 18.4 Å². The molecule has 5 atom stereocenters. The Hall–Kier alpha value is -4.22. The highest BCUT2D eigenvalue weighted by molar-refractivity contribution is 5.82. The van der Waals surface area contributed by atoms with Crippen LogP contribution in [0.2, 0.25) is 0 Å². The molecule has 5 aliphatic rings. The first-order valence-corrected chi connectivity index (χ1v) is 17.2. The van der Waals surface area contributed by atoms with Gasteiger partial charge in [0.25, 0.3) is 5.92 Å². The predicted octanol–water partition coefficient (Wildman–Crippen LogP) is 5.02. The summed E-state index contributed by atoms with van der Waals surface area (Å²) in [5.41, 5.74) is 9.84. The molecule has 3 aliphatic carbocycles. The third-order valence-corrected chi connectivity index (χ3v) is 12.0. The number of likely N-dealkylation sites (N-methyl/N-ethyl adjacent to an activating group) is 1. The molecule has 5 unspecified atom stereocenters. The topological polar surface area (TPSA) is 144 Å². The molecule has 3 N–H and O–H groups in total. The van der Waals surface area contributed by atoms with Gasteiger partial charge in [0.2, 0.25) is 5.88 Å². The van der Waals surface area contributed by atoms with E-state index in [1.54, 1.807) is 10.9 Å². The van der Waals surface area contributed by atoms with E-state index in [4.69, 9.17) is 25.0 Å². The summed E-state index contributed by atoms with van der Waals surface area (Å²) in [6, 6.07) is 5.71. The Morgan fingerprint density at radius 3 is 2.67 bits per heavy atom. The normalized spacial score (nSPS) is 28.9. The number of aryl methyl sites for hydroxylation is 1. The monoisotopic (exact) mass is 673 g/mol. The zero-order valence-electron chi connectivity index (χ0n) is 27.5. The molecule has 3 aromatic heterocycles. The second-order valence-electron chi connectivity index (χ2n) is 14.9. The number of hydrogen-bond donors (Lipinski definition) is 2. The average Bonchev–Trinajstić information content (AvgIpc) is 3.77. The van der Waals surface area contributed by atoms with E-state index >= 15 is 0 Å². The van der Waals surface area contributed by atoms with E-state index < -0.39 is 29.2 Å². The molecule has 1 aromatic carbocycles. The Bertz CT molecular complexity index is 2030. The third-order valence-electron chi connectivity index (χ3n) is 12.0. The average molecular weight is 674 g/mol. The fraction of sp³-hybridized carbons (Fsp3) is 0.571. The molecule has 0 radical (unpaired) electrons. The van der Waals surface area contributed by atoms with Crippen LogP contribution in [0.1, 0.15) is 85.9 Å². The fourth-order valence-electron chi connectivity index (χ4n) is 9.62. The van der Waals surface area contributed by atoms with Gasteiger partial charge in [-0.05, 0) is 76.1 Å². The quantitative estimate of drug-likeness (QED) is 0.277. The summed E-state index contributed by atoms with van der Waals surface area (Å²) in [5.74, 6) is -1.44. The summed E-state index contributed by atoms with van der Waals surface area (Å²) < 4.78 is 57.1. The van der Waals surface area contributed by atoms with Crippen LogP contribution in [0.4, 0.5) is 18.9 Å². The lowest BCUT2D eigenvalue weighted by Crippen LogP contribution is -2.74. The van der Waals surface area contributed by atoms with Crippen molar-refractivity contribution in [2.45, 2.75) is 106 Å². The summed E-state index contributed by atoms with van der Waals surface area (Å²) in [5, 5.41) is 23.2. The van der Waals surface area contributed by atoms with Crippen molar-refractivity contribution in [1.29, 1.82) is 5.26 Å². The highest BCUT2D eigenvalue weighted by Gasteiger charge is 2.65. The fourth-order valence-corrected chi connectivity index (χ4v) is 9.62. The minimum atomic E-state index is -2.72. The summed E-state index contributed by atoms with van der Waals surface area (Å²) in [7, 11) is 1.88. The third kappa shape index (κ3) is 4.47. The number of anilines is 1. The summed E-state index contributed by atoms with van der Waals surface area (Å²) in [4.78, 5) is 11.9. The molecule has 49 heavy (non-hydrogen) atoms. The van der Waals surface area contributed by atoms with Gasteiger partial charge in [-0.3, -0.25) is 4.90 Å². The number of halogens is 3. The molecule has 4 aromatic rings. The second kappa shape index (κ2) is 10.6. The van der Waals surface area contributed by atoms with Gasteiger partial charge in [-0.2, -0.15) is 15.3 Å². The van der Waals surface area contributed by atoms with Crippen LogP contribution >= 0.6 is 0 Å². The van der Waals surface area contributed by atoms with Crippen LogP contribution in [0.3, 0.4) is 0 Å². The first-order chi connectivity index (χ1) is 23.5. The number of nitrogen functional groups attached to an aromatic ring is 1. The number of rotatable bonds is 5. The van der Waals surface area contributed by atoms with Crippen LogP contribution in [0, 0.1) is 11.3 Å². The number of likely N-dealkylation sites (tertiary alicyclic amines) is 1. The predicted molar refractivity (Wildman–Crippen MR) is 173 cm³/mol. The molecule has 5 heterocycles. The molecule has 2 spiro atoms. The zero-order chi connectivity index (χ0) is 33.9. The summed E-state index contributed by atoms with van der Waals surface area (Å²) in [6.07, 6.45) is 4.98. The van der Waals surface area contributed by atoms with Crippen molar-refractivity contribution >= 4 is 16.7 Å². The van der Waals surface area contributed by atoms with Crippen LogP contribution in [0.5, 0.6) is 5.88 Å². The Balaban J connectivity index is 1.17. The standard InChI is InChI=1S/C35H38F3N9O2/c1-18(25-11-20(36)15-46(25)2)48-32-23-13-42-47(26-14-41-34(26)16-35(37,38)17-34)31(23)43-30(44-32)28-21-6-4-10-33(29(21)49-45-28)9-3-5-19-7-8-24(40)22(12-39)27(19)33/h7-8,13,18,20,25-26,41H,3-6,9-11,14-17,40H2,1-2H3. The van der Waals surface area contributed by atoms with Crippen molar-refractivity contribution in [3.8, 4) is 23.5 Å². The lowest BCUT2D eigenvalue weighted by molar-refractivity contribution is -0.175. The molecule has 11 nitrogen and oxygen atoms in total. The van der Waals surface area contributed by atoms with Crippen LogP contribution in [0.25, 0.3) is 22.6 Å². The van der Waals surface area contributed by atoms with Crippen LogP contribution < -0.4 is 15.8 Å². The number of ether oxygens (including phenoxy) is 1. The lowest BCUT2D eigenvalue weighted by atomic mass is 9.61. The maximum Gasteiger partial charge on any atom is 0.251 e. The molecule has 0 amide bonds. The van der Waals surface area contributed by atoms with Gasteiger partial charge in [-0.1, -0.05) is 11.2 Å². The smallest absolute Gasteiger partial charge is 0.251 e. The van der Waals surface area contributed by atoms with Gasteiger partial charge in [0, 0.05) is 43.2 Å². The molecule has 2 saturated heterocycles. The molecule has 1 saturated carbocycles. The number of hydrogen-bond acceptors (Lipinski definition) is 10. The van der Waals surface area contributed by atoms with Gasteiger partial charge in [0.1, 0.15) is 23.7 Å². The van der Waals surface area contributed by atoms with Crippen molar-refractivity contribution in [3.05, 3.63) is 46.3 Å². The number of nitriles is 1.